The molecule has 1 unspecified atom stereocenters. The first-order valence-electron chi connectivity index (χ1n) is 15.2. The van der Waals surface area contributed by atoms with E-state index in [-0.39, 0.29) is 5.04 Å². The molecule has 3 aromatic carbocycles. The van der Waals surface area contributed by atoms with Gasteiger partial charge in [0.2, 0.25) is 0 Å². The summed E-state index contributed by atoms with van der Waals surface area (Å²) in [5.41, 5.74) is 2.80. The van der Waals surface area contributed by atoms with Crippen molar-refractivity contribution in [2.24, 2.45) is 5.92 Å². The van der Waals surface area contributed by atoms with E-state index in [0.717, 1.165) is 55.4 Å². The van der Waals surface area contributed by atoms with E-state index in [2.05, 4.69) is 132 Å². The van der Waals surface area contributed by atoms with Gasteiger partial charge in [0.15, 0.2) is 8.32 Å². The minimum atomic E-state index is -1.68. The topological polar surface area (TPSA) is 27.7 Å². The molecule has 1 fully saturated rings. The molecule has 4 heteroatoms. The van der Waals surface area contributed by atoms with Crippen molar-refractivity contribution in [1.29, 1.82) is 0 Å². The minimum absolute atomic E-state index is 0.260. The third-order valence-corrected chi connectivity index (χ3v) is 13.6. The summed E-state index contributed by atoms with van der Waals surface area (Å²) in [4.78, 5) is 0. The van der Waals surface area contributed by atoms with Gasteiger partial charge in [0.1, 0.15) is 5.60 Å². The maximum absolute atomic E-state index is 6.97. The second-order valence-electron chi connectivity index (χ2n) is 13.0. The highest BCUT2D eigenvalue weighted by molar-refractivity contribution is 6.74. The minimum Gasteiger partial charge on any atom is -0.417 e. The van der Waals surface area contributed by atoms with Gasteiger partial charge in [0.25, 0.3) is 0 Å². The maximum atomic E-state index is 6.97. The van der Waals surface area contributed by atoms with E-state index >= 15 is 0 Å². The molecule has 40 heavy (non-hydrogen) atoms. The monoisotopic (exact) mass is 558 g/mol. The fraction of sp³-hybridized carbons (Fsp3) is 0.500. The van der Waals surface area contributed by atoms with Crippen molar-refractivity contribution in [3.8, 4) is 0 Å². The quantitative estimate of drug-likeness (QED) is 0.119. The molecule has 216 valence electrons. The summed E-state index contributed by atoms with van der Waals surface area (Å²) in [5.74, 6) is 0.593. The van der Waals surface area contributed by atoms with E-state index in [4.69, 9.17) is 13.9 Å². The third-order valence-electron chi connectivity index (χ3n) is 9.07. The van der Waals surface area contributed by atoms with E-state index in [0.29, 0.717) is 24.7 Å². The lowest BCUT2D eigenvalue weighted by Gasteiger charge is -2.36. The lowest BCUT2D eigenvalue weighted by molar-refractivity contribution is -0.00613. The lowest BCUT2D eigenvalue weighted by Crippen LogP contribution is -2.41. The van der Waals surface area contributed by atoms with Gasteiger partial charge in [0.05, 0.1) is 12.2 Å². The van der Waals surface area contributed by atoms with E-state index in [1.807, 2.05) is 0 Å². The van der Waals surface area contributed by atoms with Crippen LogP contribution in [-0.2, 0) is 19.5 Å². The summed E-state index contributed by atoms with van der Waals surface area (Å²) in [6, 6.07) is 31.9. The predicted octanol–water partition coefficient (Wildman–Crippen LogP) is 9.37. The van der Waals surface area contributed by atoms with Crippen LogP contribution in [0.15, 0.2) is 91.0 Å². The van der Waals surface area contributed by atoms with E-state index < -0.39 is 13.9 Å². The van der Waals surface area contributed by atoms with Gasteiger partial charge in [-0.1, -0.05) is 119 Å². The molecule has 0 bridgehead atoms. The van der Waals surface area contributed by atoms with Gasteiger partial charge in [-0.25, -0.2) is 0 Å². The molecular weight excluding hydrogens is 508 g/mol. The molecule has 0 aliphatic carbocycles. The van der Waals surface area contributed by atoms with Crippen molar-refractivity contribution in [2.45, 2.75) is 95.7 Å². The first-order valence-corrected chi connectivity index (χ1v) is 18.1. The summed E-state index contributed by atoms with van der Waals surface area (Å²) in [7, 11) is -1.68. The SMILES string of the molecule is CC1C[C@H](CCCOC(c2ccccc2)(c2ccccc2)c2ccccc2)O[C@H]1CCCO[Si](C)(C)C(C)(C)C. The van der Waals surface area contributed by atoms with Gasteiger partial charge >= 0.3 is 0 Å². The van der Waals surface area contributed by atoms with Crippen molar-refractivity contribution in [3.05, 3.63) is 108 Å². The highest BCUT2D eigenvalue weighted by Crippen LogP contribution is 2.41. The zero-order chi connectivity index (χ0) is 28.6. The molecule has 0 spiro atoms. The Morgan fingerprint density at radius 1 is 0.725 bits per heavy atom. The first-order chi connectivity index (χ1) is 19.1. The van der Waals surface area contributed by atoms with Gasteiger partial charge in [-0.15, -0.1) is 0 Å². The van der Waals surface area contributed by atoms with Crippen LogP contribution in [0, 0.1) is 5.92 Å². The Hall–Kier alpha value is -2.24. The Bertz CT molecular complexity index is 1040. The van der Waals surface area contributed by atoms with E-state index in [1.165, 1.54) is 0 Å². The second kappa shape index (κ2) is 13.6. The molecule has 1 aliphatic rings. The van der Waals surface area contributed by atoms with Gasteiger partial charge in [-0.3, -0.25) is 0 Å². The Balaban J connectivity index is 1.35. The fourth-order valence-electron chi connectivity index (χ4n) is 5.67. The molecule has 0 radical (unpaired) electrons. The highest BCUT2D eigenvalue weighted by atomic mass is 28.4. The van der Waals surface area contributed by atoms with Crippen LogP contribution in [0.2, 0.25) is 18.1 Å². The normalized spacial score (nSPS) is 20.1. The molecule has 0 saturated carbocycles. The molecule has 4 rings (SSSR count). The van der Waals surface area contributed by atoms with Crippen LogP contribution in [0.3, 0.4) is 0 Å². The number of hydrogen-bond donors (Lipinski definition) is 0. The van der Waals surface area contributed by atoms with Crippen LogP contribution in [-0.4, -0.2) is 33.7 Å². The van der Waals surface area contributed by atoms with Gasteiger partial charge in [0, 0.05) is 13.2 Å². The summed E-state index contributed by atoms with van der Waals surface area (Å²) in [6.45, 7) is 15.4. The Kier molecular flexibility index (Phi) is 10.5. The van der Waals surface area contributed by atoms with Crippen molar-refractivity contribution in [3.63, 3.8) is 0 Å². The van der Waals surface area contributed by atoms with E-state index in [9.17, 15) is 0 Å². The van der Waals surface area contributed by atoms with Crippen molar-refractivity contribution in [2.75, 3.05) is 13.2 Å². The first kappa shape index (κ1) is 30.7. The standard InChI is InChI=1S/C36H50O3Si/c1-29-28-33(39-34(29)25-17-27-38-40(5,6)35(2,3)4)24-16-26-37-36(30-18-10-7-11-19-30,31-20-12-8-13-21-31)32-22-14-9-15-23-32/h7-15,18-23,29,33-34H,16-17,24-28H2,1-6H3/t29?,33-,34-/m0/s1. The molecule has 0 aromatic heterocycles. The summed E-state index contributed by atoms with van der Waals surface area (Å²) in [5, 5.41) is 0.260. The highest BCUT2D eigenvalue weighted by Gasteiger charge is 2.39. The number of rotatable bonds is 13. The van der Waals surface area contributed by atoms with Crippen LogP contribution < -0.4 is 0 Å². The van der Waals surface area contributed by atoms with Crippen LogP contribution in [0.4, 0.5) is 0 Å². The molecule has 0 N–H and O–H groups in total. The van der Waals surface area contributed by atoms with Crippen molar-refractivity contribution < 1.29 is 13.9 Å². The van der Waals surface area contributed by atoms with E-state index in [1.54, 1.807) is 0 Å². The van der Waals surface area contributed by atoms with Gasteiger partial charge in [-0.05, 0) is 72.8 Å². The lowest BCUT2D eigenvalue weighted by atomic mass is 9.80. The van der Waals surface area contributed by atoms with Gasteiger partial charge < -0.3 is 13.9 Å². The second-order valence-corrected chi connectivity index (χ2v) is 17.8. The summed E-state index contributed by atoms with van der Waals surface area (Å²) >= 11 is 0. The molecule has 3 aromatic rings. The third kappa shape index (κ3) is 7.33. The molecule has 0 amide bonds. The Morgan fingerprint density at radius 3 is 1.68 bits per heavy atom. The van der Waals surface area contributed by atoms with Crippen molar-refractivity contribution in [1.82, 2.24) is 0 Å². The zero-order valence-electron chi connectivity index (χ0n) is 25.6. The smallest absolute Gasteiger partial charge is 0.191 e. The van der Waals surface area contributed by atoms with Crippen molar-refractivity contribution >= 4 is 8.32 Å². The molecule has 3 atom stereocenters. The Labute approximate surface area is 244 Å². The van der Waals surface area contributed by atoms with Crippen LogP contribution >= 0.6 is 0 Å². The predicted molar refractivity (Wildman–Crippen MR) is 169 cm³/mol. The largest absolute Gasteiger partial charge is 0.417 e. The number of ether oxygens (including phenoxy) is 2. The molecular formula is C36H50O3Si. The molecule has 3 nitrogen and oxygen atoms in total. The number of benzene rings is 3. The van der Waals surface area contributed by atoms with Gasteiger partial charge in [-0.2, -0.15) is 0 Å². The van der Waals surface area contributed by atoms with Crippen LogP contribution in [0.5, 0.6) is 0 Å². The average Bonchev–Trinajstić information content (AvgIpc) is 3.31. The fourth-order valence-corrected chi connectivity index (χ4v) is 6.76. The van der Waals surface area contributed by atoms with Crippen LogP contribution in [0.25, 0.3) is 0 Å². The number of hydrogen-bond acceptors (Lipinski definition) is 3. The zero-order valence-corrected chi connectivity index (χ0v) is 26.6. The maximum Gasteiger partial charge on any atom is 0.191 e. The summed E-state index contributed by atoms with van der Waals surface area (Å²) < 4.78 is 19.9. The molecule has 1 saturated heterocycles. The Morgan fingerprint density at radius 2 is 1.20 bits per heavy atom. The van der Waals surface area contributed by atoms with Crippen LogP contribution in [0.1, 0.15) is 76.5 Å². The average molecular weight is 559 g/mol. The molecule has 1 heterocycles. The molecule has 1 aliphatic heterocycles. The summed E-state index contributed by atoms with van der Waals surface area (Å²) in [6.07, 6.45) is 5.93.